The van der Waals surface area contributed by atoms with Crippen LogP contribution in [0.3, 0.4) is 0 Å². The largest absolute Gasteiger partial charge is 0.491 e. The average molecular weight is 262 g/mol. The Labute approximate surface area is 112 Å². The lowest BCUT2D eigenvalue weighted by atomic mass is 10.2. The van der Waals surface area contributed by atoms with E-state index in [4.69, 9.17) is 15.2 Å². The molecule has 0 saturated heterocycles. The van der Waals surface area contributed by atoms with Gasteiger partial charge >= 0.3 is 0 Å². The second kappa shape index (κ2) is 6.31. The number of ether oxygens (including phenoxy) is 2. The zero-order valence-electron chi connectivity index (χ0n) is 11.2. The second-order valence-electron chi connectivity index (χ2n) is 4.05. The van der Waals surface area contributed by atoms with Crippen LogP contribution >= 0.6 is 0 Å². The molecule has 0 radical (unpaired) electrons. The van der Waals surface area contributed by atoms with Gasteiger partial charge in [0.2, 0.25) is 0 Å². The van der Waals surface area contributed by atoms with Gasteiger partial charge in [0.05, 0.1) is 13.2 Å². The van der Waals surface area contributed by atoms with Crippen LogP contribution in [0.4, 0.5) is 0 Å². The third kappa shape index (κ3) is 3.30. The van der Waals surface area contributed by atoms with E-state index in [0.717, 1.165) is 17.1 Å². The van der Waals surface area contributed by atoms with Gasteiger partial charge in [-0.05, 0) is 24.3 Å². The number of methoxy groups -OCH3 is 1. The molecule has 1 aromatic heterocycles. The molecule has 0 aliphatic rings. The van der Waals surface area contributed by atoms with Crippen molar-refractivity contribution in [2.24, 2.45) is 12.8 Å². The molecule has 0 spiro atoms. The topological polar surface area (TPSA) is 75.2 Å². The van der Waals surface area contributed by atoms with E-state index in [9.17, 15) is 0 Å². The third-order valence-electron chi connectivity index (χ3n) is 2.66. The molecule has 0 aliphatic carbocycles. The van der Waals surface area contributed by atoms with E-state index in [2.05, 4.69) is 10.1 Å². The first-order chi connectivity index (χ1) is 9.24. The quantitative estimate of drug-likeness (QED) is 0.785. The lowest BCUT2D eigenvalue weighted by Crippen LogP contribution is -2.04. The Morgan fingerprint density at radius 1 is 1.21 bits per heavy atom. The zero-order chi connectivity index (χ0) is 13.7. The Kier molecular flexibility index (Phi) is 4.48. The first-order valence-electron chi connectivity index (χ1n) is 6.06. The molecule has 2 N–H and O–H groups in total. The molecule has 2 aromatic rings. The van der Waals surface area contributed by atoms with Gasteiger partial charge in [-0.25, -0.2) is 9.67 Å². The number of benzene rings is 1. The Bertz CT molecular complexity index is 522. The number of nitrogens with two attached hydrogens (primary N) is 1. The van der Waals surface area contributed by atoms with Crippen LogP contribution in [-0.4, -0.2) is 35.1 Å². The standard InChI is InChI=1S/C13H18N4O2/c1-17-13(15-12(9-14)16-17)10-3-5-11(6-4-10)19-8-7-18-2/h3-6H,7-9,14H2,1-2H3. The lowest BCUT2D eigenvalue weighted by Gasteiger charge is -2.06. The van der Waals surface area contributed by atoms with Gasteiger partial charge in [-0.15, -0.1) is 0 Å². The average Bonchev–Trinajstić information content (AvgIpc) is 2.81. The Morgan fingerprint density at radius 2 is 1.95 bits per heavy atom. The second-order valence-corrected chi connectivity index (χ2v) is 4.05. The van der Waals surface area contributed by atoms with Crippen LogP contribution in [0.5, 0.6) is 5.75 Å². The summed E-state index contributed by atoms with van der Waals surface area (Å²) in [5, 5.41) is 4.22. The minimum absolute atomic E-state index is 0.339. The Morgan fingerprint density at radius 3 is 2.53 bits per heavy atom. The van der Waals surface area contributed by atoms with Gasteiger partial charge in [-0.1, -0.05) is 0 Å². The summed E-state index contributed by atoms with van der Waals surface area (Å²) in [4.78, 5) is 4.37. The minimum Gasteiger partial charge on any atom is -0.491 e. The van der Waals surface area contributed by atoms with Crippen molar-refractivity contribution in [2.45, 2.75) is 6.54 Å². The number of hydrogen-bond donors (Lipinski definition) is 1. The predicted octanol–water partition coefficient (Wildman–Crippen LogP) is 0.966. The molecular formula is C13H18N4O2. The lowest BCUT2D eigenvalue weighted by molar-refractivity contribution is 0.146. The molecule has 6 nitrogen and oxygen atoms in total. The summed E-state index contributed by atoms with van der Waals surface area (Å²) in [5.74, 6) is 2.24. The molecule has 0 atom stereocenters. The zero-order valence-corrected chi connectivity index (χ0v) is 11.2. The van der Waals surface area contributed by atoms with Crippen LogP contribution in [0.2, 0.25) is 0 Å². The smallest absolute Gasteiger partial charge is 0.164 e. The number of aromatic nitrogens is 3. The van der Waals surface area contributed by atoms with Crippen LogP contribution in [0.15, 0.2) is 24.3 Å². The van der Waals surface area contributed by atoms with E-state index < -0.39 is 0 Å². The highest BCUT2D eigenvalue weighted by molar-refractivity contribution is 5.56. The molecule has 0 aliphatic heterocycles. The first kappa shape index (κ1) is 13.5. The van der Waals surface area contributed by atoms with E-state index in [1.807, 2.05) is 31.3 Å². The minimum atomic E-state index is 0.339. The summed E-state index contributed by atoms with van der Waals surface area (Å²) < 4.78 is 12.2. The SMILES string of the molecule is COCCOc1ccc(-c2nc(CN)nn2C)cc1. The summed E-state index contributed by atoms with van der Waals surface area (Å²) in [6, 6.07) is 7.71. The van der Waals surface area contributed by atoms with Gasteiger partial charge in [-0.2, -0.15) is 5.10 Å². The maximum atomic E-state index is 5.53. The van der Waals surface area contributed by atoms with Crippen LogP contribution < -0.4 is 10.5 Å². The van der Waals surface area contributed by atoms with Crippen molar-refractivity contribution in [3.8, 4) is 17.1 Å². The van der Waals surface area contributed by atoms with Crippen molar-refractivity contribution in [1.29, 1.82) is 0 Å². The van der Waals surface area contributed by atoms with Crippen molar-refractivity contribution >= 4 is 0 Å². The number of hydrogen-bond acceptors (Lipinski definition) is 5. The molecule has 0 amide bonds. The molecule has 19 heavy (non-hydrogen) atoms. The van der Waals surface area contributed by atoms with Gasteiger partial charge in [0.25, 0.3) is 0 Å². The van der Waals surface area contributed by atoms with Crippen molar-refractivity contribution in [3.63, 3.8) is 0 Å². The number of rotatable bonds is 6. The van der Waals surface area contributed by atoms with Crippen LogP contribution in [0, 0.1) is 0 Å². The molecule has 1 aromatic carbocycles. The van der Waals surface area contributed by atoms with Crippen LogP contribution in [0.1, 0.15) is 5.82 Å². The van der Waals surface area contributed by atoms with Crippen LogP contribution in [0.25, 0.3) is 11.4 Å². The van der Waals surface area contributed by atoms with Gasteiger partial charge in [0.1, 0.15) is 12.4 Å². The molecular weight excluding hydrogens is 244 g/mol. The predicted molar refractivity (Wildman–Crippen MR) is 71.7 cm³/mol. The van der Waals surface area contributed by atoms with Gasteiger partial charge < -0.3 is 15.2 Å². The Balaban J connectivity index is 2.10. The third-order valence-corrected chi connectivity index (χ3v) is 2.66. The fourth-order valence-electron chi connectivity index (χ4n) is 1.72. The molecule has 0 unspecified atom stereocenters. The Hall–Kier alpha value is -1.92. The maximum absolute atomic E-state index is 5.53. The monoisotopic (exact) mass is 262 g/mol. The normalized spacial score (nSPS) is 10.7. The highest BCUT2D eigenvalue weighted by atomic mass is 16.5. The summed E-state index contributed by atoms with van der Waals surface area (Å²) in [6.07, 6.45) is 0. The van der Waals surface area contributed by atoms with Crippen molar-refractivity contribution in [3.05, 3.63) is 30.1 Å². The van der Waals surface area contributed by atoms with E-state index in [0.29, 0.717) is 25.6 Å². The summed E-state index contributed by atoms with van der Waals surface area (Å²) in [6.45, 7) is 1.45. The van der Waals surface area contributed by atoms with Crippen molar-refractivity contribution in [1.82, 2.24) is 14.8 Å². The van der Waals surface area contributed by atoms with Gasteiger partial charge in [0, 0.05) is 19.7 Å². The molecule has 102 valence electrons. The maximum Gasteiger partial charge on any atom is 0.164 e. The molecule has 2 rings (SSSR count). The summed E-state index contributed by atoms with van der Waals surface area (Å²) in [7, 11) is 3.50. The van der Waals surface area contributed by atoms with Crippen LogP contribution in [-0.2, 0) is 18.3 Å². The molecule has 1 heterocycles. The molecule has 0 bridgehead atoms. The van der Waals surface area contributed by atoms with Crippen molar-refractivity contribution < 1.29 is 9.47 Å². The van der Waals surface area contributed by atoms with E-state index in [-0.39, 0.29) is 0 Å². The van der Waals surface area contributed by atoms with Gasteiger partial charge in [-0.3, -0.25) is 0 Å². The fraction of sp³-hybridized carbons (Fsp3) is 0.385. The number of aryl methyl sites for hydroxylation is 1. The molecule has 0 saturated carbocycles. The van der Waals surface area contributed by atoms with Gasteiger partial charge in [0.15, 0.2) is 11.6 Å². The molecule has 0 fully saturated rings. The number of nitrogens with zero attached hydrogens (tertiary/aromatic N) is 3. The van der Waals surface area contributed by atoms with E-state index >= 15 is 0 Å². The fourth-order valence-corrected chi connectivity index (χ4v) is 1.72. The van der Waals surface area contributed by atoms with E-state index in [1.165, 1.54) is 0 Å². The van der Waals surface area contributed by atoms with Crippen molar-refractivity contribution in [2.75, 3.05) is 20.3 Å². The highest BCUT2D eigenvalue weighted by Gasteiger charge is 2.08. The first-order valence-corrected chi connectivity index (χ1v) is 6.06. The summed E-state index contributed by atoms with van der Waals surface area (Å²) in [5.41, 5.74) is 6.51. The summed E-state index contributed by atoms with van der Waals surface area (Å²) >= 11 is 0. The highest BCUT2D eigenvalue weighted by Crippen LogP contribution is 2.20. The van der Waals surface area contributed by atoms with E-state index in [1.54, 1.807) is 11.8 Å². The molecule has 6 heteroatoms.